The number of aliphatic hydroxyl groups is 2. The van der Waals surface area contributed by atoms with Gasteiger partial charge in [0, 0.05) is 32.5 Å². The van der Waals surface area contributed by atoms with Gasteiger partial charge in [-0.25, -0.2) is 9.59 Å². The number of nitrogens with one attached hydrogen (secondary N) is 5. The molecule has 0 spiro atoms. The molecule has 5 atom stereocenters. The second-order valence-corrected chi connectivity index (χ2v) is 15.2. The number of ether oxygens (including phenoxy) is 4. The Morgan fingerprint density at radius 2 is 1.59 bits per heavy atom. The van der Waals surface area contributed by atoms with Crippen LogP contribution in [0.3, 0.4) is 0 Å². The van der Waals surface area contributed by atoms with Gasteiger partial charge in [-0.3, -0.25) is 24.0 Å². The van der Waals surface area contributed by atoms with Crippen LogP contribution < -0.4 is 37.1 Å². The normalized spacial score (nSPS) is 17.5. The first-order chi connectivity index (χ1) is 27.6. The topological polar surface area (TPSA) is 324 Å². The third-order valence-corrected chi connectivity index (χ3v) is 8.51. The number of rotatable bonds is 23. The maximum absolute atomic E-state index is 13.4. The molecule has 0 aliphatic carbocycles. The lowest BCUT2D eigenvalue weighted by Gasteiger charge is -2.31. The average molecular weight is 839 g/mol. The first-order valence-corrected chi connectivity index (χ1v) is 19.0. The standard InChI is InChI=1S/C38H58N6O15/c1-7-28(46)43-24(18-39)32(50)44-22(10-8-9-14-41-35(53)38(5,6)20-57-37(2,3)4)31(49)40-15-13-29(47)42-23-16-21(19-56-36(54)55)11-12-26(23)58-34-30(48)25(45)17-27(59-34)33(51)52/h11-12,16-17,22,24-25,30,34,45,48H,7-10,13-15,18-20,39H2,1-6H3,(H,40,49)(H,41,53)(H,42,47)(H,43,46)(H,44,50)(H,51,52)(H,54,55)/t22-,24?,25?,30+,34?/m0/s1. The zero-order chi connectivity index (χ0) is 44.5. The number of amides is 5. The van der Waals surface area contributed by atoms with Crippen LogP contribution in [0.2, 0.25) is 0 Å². The van der Waals surface area contributed by atoms with E-state index in [1.807, 2.05) is 20.8 Å². The Kier molecular flexibility index (Phi) is 19.5. The van der Waals surface area contributed by atoms with Crippen molar-refractivity contribution in [3.63, 3.8) is 0 Å². The Hall–Kier alpha value is -5.51. The number of hydrogen-bond donors (Lipinski definition) is 10. The summed E-state index contributed by atoms with van der Waals surface area (Å²) in [5.74, 6) is -5.12. The highest BCUT2D eigenvalue weighted by molar-refractivity contribution is 5.94. The minimum absolute atomic E-state index is 0.0890. The number of nitrogens with two attached hydrogens (primary N) is 1. The maximum atomic E-state index is 13.4. The summed E-state index contributed by atoms with van der Waals surface area (Å²) in [6.45, 7) is 10.3. The molecule has 2 rings (SSSR count). The molecule has 1 aromatic carbocycles. The van der Waals surface area contributed by atoms with Gasteiger partial charge in [0.25, 0.3) is 6.29 Å². The van der Waals surface area contributed by atoms with Gasteiger partial charge < -0.3 is 71.7 Å². The highest BCUT2D eigenvalue weighted by Gasteiger charge is 2.37. The lowest BCUT2D eigenvalue weighted by molar-refractivity contribution is -0.172. The van der Waals surface area contributed by atoms with Gasteiger partial charge in [0.15, 0.2) is 6.10 Å². The van der Waals surface area contributed by atoms with Crippen molar-refractivity contribution in [3.8, 4) is 5.75 Å². The van der Waals surface area contributed by atoms with Crippen LogP contribution in [0, 0.1) is 5.41 Å². The van der Waals surface area contributed by atoms with Gasteiger partial charge >= 0.3 is 12.1 Å². The molecule has 0 aromatic heterocycles. The van der Waals surface area contributed by atoms with Gasteiger partial charge in [0.1, 0.15) is 30.5 Å². The number of carboxylic acid groups (broad SMARTS) is 2. The van der Waals surface area contributed by atoms with Gasteiger partial charge in [-0.1, -0.05) is 13.0 Å². The molecule has 1 aliphatic heterocycles. The molecule has 11 N–H and O–H groups in total. The molecule has 5 amide bonds. The van der Waals surface area contributed by atoms with Crippen LogP contribution in [0.1, 0.15) is 79.2 Å². The van der Waals surface area contributed by atoms with Crippen molar-refractivity contribution in [2.24, 2.45) is 11.1 Å². The fraction of sp³-hybridized carbons (Fsp3) is 0.605. The Morgan fingerprint density at radius 1 is 0.898 bits per heavy atom. The predicted molar refractivity (Wildman–Crippen MR) is 208 cm³/mol. The average Bonchev–Trinajstić information content (AvgIpc) is 3.16. The molecule has 21 nitrogen and oxygen atoms in total. The van der Waals surface area contributed by atoms with E-state index in [4.69, 9.17) is 25.1 Å². The van der Waals surface area contributed by atoms with E-state index < -0.39 is 89.7 Å². The van der Waals surface area contributed by atoms with Crippen LogP contribution in [0.25, 0.3) is 0 Å². The van der Waals surface area contributed by atoms with Crippen LogP contribution in [-0.4, -0.2) is 125 Å². The molecule has 59 heavy (non-hydrogen) atoms. The molecular formula is C38H58N6O15. The van der Waals surface area contributed by atoms with E-state index in [2.05, 4.69) is 31.3 Å². The van der Waals surface area contributed by atoms with Crippen LogP contribution in [0.5, 0.6) is 5.75 Å². The first-order valence-electron chi connectivity index (χ1n) is 19.0. The van der Waals surface area contributed by atoms with Crippen molar-refractivity contribution in [1.29, 1.82) is 0 Å². The van der Waals surface area contributed by atoms with Gasteiger partial charge in [-0.15, -0.1) is 0 Å². The van der Waals surface area contributed by atoms with Gasteiger partial charge in [0.05, 0.1) is 23.3 Å². The number of carbonyl (C=O) groups excluding carboxylic acids is 5. The second-order valence-electron chi connectivity index (χ2n) is 15.2. The largest absolute Gasteiger partial charge is 0.506 e. The number of benzene rings is 1. The number of aliphatic carboxylic acids is 1. The molecule has 21 heteroatoms. The highest BCUT2D eigenvalue weighted by atomic mass is 16.7. The van der Waals surface area contributed by atoms with Gasteiger partial charge in [-0.2, -0.15) is 0 Å². The molecule has 1 aliphatic rings. The van der Waals surface area contributed by atoms with Crippen molar-refractivity contribution in [2.75, 3.05) is 31.6 Å². The van der Waals surface area contributed by atoms with Crippen LogP contribution in [0.4, 0.5) is 10.5 Å². The quantitative estimate of drug-likeness (QED) is 0.0520. The van der Waals surface area contributed by atoms with E-state index in [0.29, 0.717) is 12.8 Å². The number of carbonyl (C=O) groups is 7. The lowest BCUT2D eigenvalue weighted by atomic mass is 9.93. The summed E-state index contributed by atoms with van der Waals surface area (Å²) in [5.41, 5.74) is 4.65. The van der Waals surface area contributed by atoms with E-state index >= 15 is 0 Å². The molecule has 330 valence electrons. The summed E-state index contributed by atoms with van der Waals surface area (Å²) < 4.78 is 21.1. The molecule has 0 fully saturated rings. The van der Waals surface area contributed by atoms with Crippen LogP contribution >= 0.6 is 0 Å². The summed E-state index contributed by atoms with van der Waals surface area (Å²) in [4.78, 5) is 86.8. The van der Waals surface area contributed by atoms with E-state index in [1.54, 1.807) is 20.8 Å². The van der Waals surface area contributed by atoms with Crippen molar-refractivity contribution in [3.05, 3.63) is 35.6 Å². The van der Waals surface area contributed by atoms with Crippen molar-refractivity contribution in [2.45, 2.75) is 116 Å². The maximum Gasteiger partial charge on any atom is 0.506 e. The number of hydrogen-bond acceptors (Lipinski definition) is 14. The molecule has 0 saturated carbocycles. The minimum atomic E-state index is -1.74. The number of anilines is 1. The third kappa shape index (κ3) is 17.5. The molecule has 1 aromatic rings. The third-order valence-electron chi connectivity index (χ3n) is 8.51. The Bertz CT molecular complexity index is 1680. The monoisotopic (exact) mass is 838 g/mol. The van der Waals surface area contributed by atoms with Gasteiger partial charge in [0.2, 0.25) is 35.3 Å². The minimum Gasteiger partial charge on any atom is -0.475 e. The fourth-order valence-corrected chi connectivity index (χ4v) is 5.08. The molecule has 0 bridgehead atoms. The summed E-state index contributed by atoms with van der Waals surface area (Å²) >= 11 is 0. The van der Waals surface area contributed by atoms with Crippen LogP contribution in [-0.2, 0) is 49.6 Å². The summed E-state index contributed by atoms with van der Waals surface area (Å²) in [6.07, 6.45) is -5.27. The van der Waals surface area contributed by atoms with E-state index in [-0.39, 0.29) is 68.4 Å². The summed E-state index contributed by atoms with van der Waals surface area (Å²) in [6, 6.07) is 1.66. The number of aliphatic hydroxyl groups excluding tert-OH is 2. The fourth-order valence-electron chi connectivity index (χ4n) is 5.08. The molecule has 0 saturated heterocycles. The van der Waals surface area contributed by atoms with Crippen LogP contribution in [0.15, 0.2) is 30.0 Å². The lowest BCUT2D eigenvalue weighted by Crippen LogP contribution is -2.56. The van der Waals surface area contributed by atoms with E-state index in [9.17, 15) is 48.9 Å². The zero-order valence-electron chi connectivity index (χ0n) is 34.1. The molecule has 3 unspecified atom stereocenters. The molecular weight excluding hydrogens is 780 g/mol. The highest BCUT2D eigenvalue weighted by Crippen LogP contribution is 2.30. The summed E-state index contributed by atoms with van der Waals surface area (Å²) in [7, 11) is 0. The van der Waals surface area contributed by atoms with Crippen molar-refractivity contribution < 1.29 is 72.9 Å². The van der Waals surface area contributed by atoms with Gasteiger partial charge in [-0.05, 0) is 77.7 Å². The predicted octanol–water partition coefficient (Wildman–Crippen LogP) is 0.218. The Balaban J connectivity index is 2.13. The molecule has 1 heterocycles. The second kappa shape index (κ2) is 23.2. The molecule has 0 radical (unpaired) electrons. The Labute approximate surface area is 341 Å². The number of unbranched alkanes of at least 4 members (excludes halogenated alkanes) is 1. The first kappa shape index (κ1) is 49.6. The van der Waals surface area contributed by atoms with E-state index in [0.717, 1.165) is 6.08 Å². The zero-order valence-corrected chi connectivity index (χ0v) is 34.1. The number of carboxylic acids is 1. The van der Waals surface area contributed by atoms with Crippen molar-refractivity contribution >= 4 is 47.3 Å². The van der Waals surface area contributed by atoms with E-state index in [1.165, 1.54) is 18.2 Å². The smallest absolute Gasteiger partial charge is 0.475 e. The van der Waals surface area contributed by atoms with Crippen molar-refractivity contribution in [1.82, 2.24) is 21.3 Å². The summed E-state index contributed by atoms with van der Waals surface area (Å²) in [5, 5.41) is 51.8. The SMILES string of the molecule is CCC(=O)NC(CN)C(=O)N[C@@H](CCCCNC(=O)C(C)(C)COC(C)(C)C)C(=O)NCCC(=O)Nc1cc(COC(=O)O)ccc1OC1OC(C(=O)O)=CC(O)[C@H]1O. The Morgan fingerprint density at radius 3 is 2.20 bits per heavy atom.